The standard InChI is InChI=1S/C31H26N6O4/c1-19-33-26-13-24(27-17-35-10-3-2-4-29(35)34-27)28(41-23-9-11-36-22(12-23)18-40-31(36)39)14-25(26)30(38)37(19)16-21-7-5-20(15-32)6-8-21/h2-8,10,13-14,17,22-23H,9,11-12,16,18H2,1H3/t22-,23-/m0/s1. The Hall–Kier alpha value is -5.17. The zero-order chi connectivity index (χ0) is 28.1. The van der Waals surface area contributed by atoms with Gasteiger partial charge in [-0.2, -0.15) is 5.26 Å². The number of amides is 1. The minimum absolute atomic E-state index is 0.0192. The lowest BCUT2D eigenvalue weighted by Gasteiger charge is -2.33. The number of nitriles is 1. The number of rotatable bonds is 5. The van der Waals surface area contributed by atoms with E-state index < -0.39 is 0 Å². The molecule has 2 fully saturated rings. The average Bonchev–Trinajstić information content (AvgIpc) is 3.59. The highest BCUT2D eigenvalue weighted by Crippen LogP contribution is 2.36. The van der Waals surface area contributed by atoms with Gasteiger partial charge < -0.3 is 18.8 Å². The molecule has 0 unspecified atom stereocenters. The largest absolute Gasteiger partial charge is 0.490 e. The third-order valence-electron chi connectivity index (χ3n) is 7.91. The Balaban J connectivity index is 1.31. The molecule has 5 aromatic rings. The molecule has 204 valence electrons. The lowest BCUT2D eigenvalue weighted by atomic mass is 10.0. The van der Waals surface area contributed by atoms with Gasteiger partial charge in [-0.1, -0.05) is 18.2 Å². The first-order valence-corrected chi connectivity index (χ1v) is 13.6. The van der Waals surface area contributed by atoms with Crippen molar-refractivity contribution >= 4 is 22.6 Å². The van der Waals surface area contributed by atoms with Gasteiger partial charge in [-0.05, 0) is 48.9 Å². The fraction of sp³-hybridized carbons (Fsp3) is 0.258. The number of nitrogens with zero attached hydrogens (tertiary/aromatic N) is 6. The fourth-order valence-electron chi connectivity index (χ4n) is 5.72. The summed E-state index contributed by atoms with van der Waals surface area (Å²) in [6, 6.07) is 18.7. The van der Waals surface area contributed by atoms with Gasteiger partial charge in [0.05, 0.1) is 40.8 Å². The van der Waals surface area contributed by atoms with E-state index >= 15 is 0 Å². The lowest BCUT2D eigenvalue weighted by Crippen LogP contribution is -2.44. The van der Waals surface area contributed by atoms with E-state index in [1.807, 2.05) is 60.1 Å². The molecule has 2 aromatic carbocycles. The number of benzene rings is 2. The van der Waals surface area contributed by atoms with E-state index in [-0.39, 0.29) is 23.8 Å². The summed E-state index contributed by atoms with van der Waals surface area (Å²) in [6.45, 7) is 3.07. The average molecular weight is 547 g/mol. The van der Waals surface area contributed by atoms with Crippen molar-refractivity contribution in [2.75, 3.05) is 13.2 Å². The number of piperidine rings is 1. The summed E-state index contributed by atoms with van der Waals surface area (Å²) >= 11 is 0. The van der Waals surface area contributed by atoms with Crippen molar-refractivity contribution in [3.05, 3.63) is 94.3 Å². The van der Waals surface area contributed by atoms with E-state index in [0.717, 1.165) is 16.8 Å². The molecule has 2 atom stereocenters. The van der Waals surface area contributed by atoms with Gasteiger partial charge in [-0.15, -0.1) is 0 Å². The predicted molar refractivity (Wildman–Crippen MR) is 151 cm³/mol. The number of imidazole rings is 1. The molecular weight excluding hydrogens is 520 g/mol. The topological polar surface area (TPSA) is 115 Å². The molecule has 3 aromatic heterocycles. The number of aryl methyl sites for hydroxylation is 1. The molecule has 5 heterocycles. The van der Waals surface area contributed by atoms with Gasteiger partial charge >= 0.3 is 6.09 Å². The summed E-state index contributed by atoms with van der Waals surface area (Å²) in [5.74, 6) is 1.14. The Morgan fingerprint density at radius 3 is 2.78 bits per heavy atom. The number of ether oxygens (including phenoxy) is 2. The second-order valence-corrected chi connectivity index (χ2v) is 10.5. The molecule has 1 amide bonds. The molecule has 2 saturated heterocycles. The molecule has 0 spiro atoms. The summed E-state index contributed by atoms with van der Waals surface area (Å²) in [4.78, 5) is 37.2. The number of carbonyl (C=O) groups excluding carboxylic acids is 1. The van der Waals surface area contributed by atoms with Crippen molar-refractivity contribution in [3.63, 3.8) is 0 Å². The summed E-state index contributed by atoms with van der Waals surface area (Å²) in [5.41, 5.74) is 4.11. The van der Waals surface area contributed by atoms with E-state index in [2.05, 4.69) is 6.07 Å². The first-order chi connectivity index (χ1) is 20.0. The molecular formula is C31H26N6O4. The first-order valence-electron chi connectivity index (χ1n) is 13.6. The Morgan fingerprint density at radius 1 is 1.12 bits per heavy atom. The van der Waals surface area contributed by atoms with Gasteiger partial charge in [0, 0.05) is 37.3 Å². The SMILES string of the molecule is Cc1nc2cc(-c3cn4ccccc4n3)c(O[C@H]3CCN4C(=O)OC[C@@H]4C3)cc2c(=O)n1Cc1ccc(C#N)cc1. The quantitative estimate of drug-likeness (QED) is 0.323. The van der Waals surface area contributed by atoms with E-state index in [9.17, 15) is 9.59 Å². The monoisotopic (exact) mass is 546 g/mol. The normalized spacial score (nSPS) is 18.3. The fourth-order valence-corrected chi connectivity index (χ4v) is 5.72. The van der Waals surface area contributed by atoms with Crippen molar-refractivity contribution in [1.29, 1.82) is 5.26 Å². The van der Waals surface area contributed by atoms with E-state index in [4.69, 9.17) is 24.7 Å². The van der Waals surface area contributed by atoms with Crippen molar-refractivity contribution in [1.82, 2.24) is 23.8 Å². The van der Waals surface area contributed by atoms with Crippen LogP contribution in [-0.4, -0.2) is 55.2 Å². The molecule has 0 saturated carbocycles. The van der Waals surface area contributed by atoms with Crippen LogP contribution in [0.4, 0.5) is 4.79 Å². The van der Waals surface area contributed by atoms with Crippen LogP contribution in [0, 0.1) is 18.3 Å². The molecule has 0 bridgehead atoms. The highest BCUT2D eigenvalue weighted by Gasteiger charge is 2.39. The van der Waals surface area contributed by atoms with Gasteiger partial charge in [0.15, 0.2) is 0 Å². The third kappa shape index (κ3) is 4.45. The minimum atomic E-state index is -0.270. The number of fused-ring (bicyclic) bond motifs is 3. The molecule has 0 radical (unpaired) electrons. The number of carbonyl (C=O) groups is 1. The van der Waals surface area contributed by atoms with Crippen LogP contribution in [0.15, 0.2) is 71.8 Å². The van der Waals surface area contributed by atoms with E-state index in [0.29, 0.717) is 66.3 Å². The smallest absolute Gasteiger partial charge is 0.410 e. The van der Waals surface area contributed by atoms with Gasteiger partial charge in [0.2, 0.25) is 0 Å². The van der Waals surface area contributed by atoms with Gasteiger partial charge in [-0.3, -0.25) is 9.36 Å². The zero-order valence-electron chi connectivity index (χ0n) is 22.4. The van der Waals surface area contributed by atoms with Crippen LogP contribution in [0.3, 0.4) is 0 Å². The molecule has 2 aliphatic heterocycles. The van der Waals surface area contributed by atoms with Crippen LogP contribution in [-0.2, 0) is 11.3 Å². The Labute approximate surface area is 235 Å². The van der Waals surface area contributed by atoms with Crippen LogP contribution in [0.1, 0.15) is 29.8 Å². The van der Waals surface area contributed by atoms with Gasteiger partial charge in [0.25, 0.3) is 5.56 Å². The van der Waals surface area contributed by atoms with Crippen LogP contribution in [0.25, 0.3) is 27.8 Å². The van der Waals surface area contributed by atoms with Crippen molar-refractivity contribution in [2.24, 2.45) is 0 Å². The van der Waals surface area contributed by atoms with Crippen LogP contribution in [0.5, 0.6) is 5.75 Å². The molecule has 2 aliphatic rings. The van der Waals surface area contributed by atoms with Gasteiger partial charge in [-0.25, -0.2) is 14.8 Å². The summed E-state index contributed by atoms with van der Waals surface area (Å²) in [5, 5.41) is 9.56. The Bertz CT molecular complexity index is 1890. The summed E-state index contributed by atoms with van der Waals surface area (Å²) in [7, 11) is 0. The maximum atomic E-state index is 13.8. The second-order valence-electron chi connectivity index (χ2n) is 10.5. The van der Waals surface area contributed by atoms with Crippen molar-refractivity contribution < 1.29 is 14.3 Å². The number of pyridine rings is 1. The third-order valence-corrected chi connectivity index (χ3v) is 7.91. The van der Waals surface area contributed by atoms with E-state index in [1.165, 1.54) is 0 Å². The number of aromatic nitrogens is 4. The molecule has 10 heteroatoms. The van der Waals surface area contributed by atoms with Crippen LogP contribution >= 0.6 is 0 Å². The van der Waals surface area contributed by atoms with Crippen LogP contribution < -0.4 is 10.3 Å². The van der Waals surface area contributed by atoms with Crippen molar-refractivity contribution in [3.8, 4) is 23.1 Å². The molecule has 0 N–H and O–H groups in total. The van der Waals surface area contributed by atoms with Crippen LogP contribution in [0.2, 0.25) is 0 Å². The number of hydrogen-bond acceptors (Lipinski definition) is 7. The molecule has 41 heavy (non-hydrogen) atoms. The van der Waals surface area contributed by atoms with E-state index in [1.54, 1.807) is 27.7 Å². The minimum Gasteiger partial charge on any atom is -0.490 e. The maximum Gasteiger partial charge on any atom is 0.410 e. The highest BCUT2D eigenvalue weighted by atomic mass is 16.6. The highest BCUT2D eigenvalue weighted by molar-refractivity contribution is 5.87. The Morgan fingerprint density at radius 2 is 1.98 bits per heavy atom. The summed E-state index contributed by atoms with van der Waals surface area (Å²) < 4.78 is 15.4. The lowest BCUT2D eigenvalue weighted by molar-refractivity contribution is 0.0941. The van der Waals surface area contributed by atoms with Crippen molar-refractivity contribution in [2.45, 2.75) is 38.5 Å². The summed E-state index contributed by atoms with van der Waals surface area (Å²) in [6.07, 6.45) is 4.75. The Kier molecular flexibility index (Phi) is 5.93. The van der Waals surface area contributed by atoms with Gasteiger partial charge in [0.1, 0.15) is 29.9 Å². The molecule has 10 nitrogen and oxygen atoms in total. The number of cyclic esters (lactones) is 1. The maximum absolute atomic E-state index is 13.8. The second kappa shape index (κ2) is 9.78. The number of hydrogen-bond donors (Lipinski definition) is 0. The molecule has 0 aliphatic carbocycles. The molecule has 7 rings (SSSR count). The first kappa shape index (κ1) is 24.8. The predicted octanol–water partition coefficient (Wildman–Crippen LogP) is 4.30. The zero-order valence-corrected chi connectivity index (χ0v) is 22.4.